The second kappa shape index (κ2) is 10.0. The highest BCUT2D eigenvalue weighted by molar-refractivity contribution is 6.07. The van der Waals surface area contributed by atoms with Gasteiger partial charge in [0.25, 0.3) is 0 Å². The van der Waals surface area contributed by atoms with E-state index in [0.29, 0.717) is 45.3 Å². The Bertz CT molecular complexity index is 1440. The number of rotatable bonds is 8. The summed E-state index contributed by atoms with van der Waals surface area (Å²) in [7, 11) is 4.56. The number of imidazole rings is 1. The number of carbonyl (C=O) groups is 1. The number of aromatic hydroxyl groups is 1. The number of phenols is 1. The van der Waals surface area contributed by atoms with Crippen LogP contribution in [0.25, 0.3) is 23.0 Å². The zero-order valence-corrected chi connectivity index (χ0v) is 19.4. The molecule has 0 saturated carbocycles. The number of aromatic nitrogens is 2. The van der Waals surface area contributed by atoms with Crippen molar-refractivity contribution in [3.8, 4) is 39.9 Å². The van der Waals surface area contributed by atoms with Crippen LogP contribution in [-0.2, 0) is 0 Å². The zero-order valence-electron chi connectivity index (χ0n) is 19.4. The average molecular weight is 472 g/mol. The van der Waals surface area contributed by atoms with Crippen molar-refractivity contribution in [1.29, 1.82) is 0 Å². The predicted octanol–water partition coefficient (Wildman–Crippen LogP) is 4.46. The summed E-state index contributed by atoms with van der Waals surface area (Å²) >= 11 is 0. The number of carbonyl (C=O) groups excluding carboxylic acids is 1. The van der Waals surface area contributed by atoms with Crippen molar-refractivity contribution in [3.63, 3.8) is 0 Å². The Morgan fingerprint density at radius 1 is 0.943 bits per heavy atom. The minimum absolute atomic E-state index is 0.122. The Kier molecular flexibility index (Phi) is 6.73. The van der Waals surface area contributed by atoms with Crippen LogP contribution in [-0.4, -0.2) is 41.8 Å². The number of hydrogen-bond acceptors (Lipinski definition) is 6. The number of ether oxygens (including phenoxy) is 3. The van der Waals surface area contributed by atoms with Crippen molar-refractivity contribution in [2.75, 3.05) is 21.3 Å². The lowest BCUT2D eigenvalue weighted by atomic mass is 10.1. The van der Waals surface area contributed by atoms with Crippen LogP contribution in [0.1, 0.15) is 15.9 Å². The molecule has 4 rings (SSSR count). The summed E-state index contributed by atoms with van der Waals surface area (Å²) in [6.07, 6.45) is 4.70. The van der Waals surface area contributed by atoms with Crippen LogP contribution in [0.5, 0.6) is 23.0 Å². The topological polar surface area (TPSA) is 103 Å². The highest BCUT2D eigenvalue weighted by Crippen LogP contribution is 2.40. The Balaban J connectivity index is 1.66. The third kappa shape index (κ3) is 4.96. The monoisotopic (exact) mass is 472 g/mol. The molecule has 35 heavy (non-hydrogen) atoms. The van der Waals surface area contributed by atoms with Gasteiger partial charge in [-0.1, -0.05) is 30.3 Å². The van der Waals surface area contributed by atoms with Crippen LogP contribution < -0.4 is 19.9 Å². The van der Waals surface area contributed by atoms with Crippen LogP contribution in [0, 0.1) is 0 Å². The fourth-order valence-corrected chi connectivity index (χ4v) is 3.68. The number of hydrogen-bond donors (Lipinski definition) is 2. The van der Waals surface area contributed by atoms with E-state index in [1.54, 1.807) is 72.9 Å². The highest BCUT2D eigenvalue weighted by Gasteiger charge is 2.16. The first kappa shape index (κ1) is 23.4. The number of ketones is 1. The van der Waals surface area contributed by atoms with Crippen LogP contribution in [0.15, 0.2) is 77.7 Å². The molecule has 3 aromatic carbocycles. The highest BCUT2D eigenvalue weighted by atomic mass is 16.5. The maximum atomic E-state index is 12.8. The Hall–Kier alpha value is -4.72. The molecule has 0 aliphatic carbocycles. The second-order valence-electron chi connectivity index (χ2n) is 7.60. The molecule has 4 aromatic rings. The van der Waals surface area contributed by atoms with Gasteiger partial charge in [0.1, 0.15) is 5.75 Å². The van der Waals surface area contributed by atoms with E-state index < -0.39 is 0 Å². The fourth-order valence-electron chi connectivity index (χ4n) is 3.68. The molecule has 2 N–H and O–H groups in total. The summed E-state index contributed by atoms with van der Waals surface area (Å²) in [5, 5.41) is 9.58. The van der Waals surface area contributed by atoms with Crippen LogP contribution in [0.4, 0.5) is 0 Å². The van der Waals surface area contributed by atoms with Gasteiger partial charge in [-0.3, -0.25) is 9.36 Å². The summed E-state index contributed by atoms with van der Waals surface area (Å²) in [5.74, 6) is 1.26. The summed E-state index contributed by atoms with van der Waals surface area (Å²) in [4.78, 5) is 28.3. The Labute approximate surface area is 201 Å². The normalized spacial score (nSPS) is 10.9. The quantitative estimate of drug-likeness (QED) is 0.290. The van der Waals surface area contributed by atoms with Gasteiger partial charge in [0, 0.05) is 17.3 Å². The molecular formula is C27H24N2O6. The van der Waals surface area contributed by atoms with E-state index in [1.807, 2.05) is 0 Å². The minimum atomic E-state index is -0.367. The summed E-state index contributed by atoms with van der Waals surface area (Å²) < 4.78 is 17.6. The SMILES string of the molecule is COc1cc(-c2cn(-c3cccc(C(=O)C=Cc4cccc(O)c4)c3)c(=O)[nH]2)cc(OC)c1OC. The van der Waals surface area contributed by atoms with Crippen molar-refractivity contribution in [1.82, 2.24) is 9.55 Å². The molecule has 0 bridgehead atoms. The molecule has 8 nitrogen and oxygen atoms in total. The standard InChI is InChI=1S/C27H24N2O6/c1-33-24-14-19(15-25(34-2)26(24)35-3)22-16-29(27(32)28-22)20-8-5-7-18(13-20)23(31)11-10-17-6-4-9-21(30)12-17/h4-16,30H,1-3H3,(H,28,32). The first-order valence-electron chi connectivity index (χ1n) is 10.7. The van der Waals surface area contributed by atoms with Crippen LogP contribution in [0.3, 0.4) is 0 Å². The van der Waals surface area contributed by atoms with E-state index in [2.05, 4.69) is 4.98 Å². The number of benzene rings is 3. The number of H-pyrrole nitrogens is 1. The van der Waals surface area contributed by atoms with E-state index in [9.17, 15) is 14.7 Å². The largest absolute Gasteiger partial charge is 0.508 e. The third-order valence-corrected chi connectivity index (χ3v) is 5.40. The van der Waals surface area contributed by atoms with Gasteiger partial charge in [-0.05, 0) is 48.0 Å². The van der Waals surface area contributed by atoms with Gasteiger partial charge in [-0.2, -0.15) is 0 Å². The number of allylic oxidation sites excluding steroid dienone is 1. The number of methoxy groups -OCH3 is 3. The molecule has 0 aliphatic heterocycles. The molecule has 0 fully saturated rings. The van der Waals surface area contributed by atoms with Crippen molar-refractivity contribution in [2.24, 2.45) is 0 Å². The number of phenolic OH excluding ortho intramolecular Hbond substituents is 1. The smallest absolute Gasteiger partial charge is 0.330 e. The van der Waals surface area contributed by atoms with Crippen molar-refractivity contribution in [2.45, 2.75) is 0 Å². The van der Waals surface area contributed by atoms with Crippen molar-refractivity contribution < 1.29 is 24.1 Å². The molecule has 0 atom stereocenters. The Morgan fingerprint density at radius 2 is 1.66 bits per heavy atom. The molecule has 1 heterocycles. The van der Waals surface area contributed by atoms with Crippen LogP contribution in [0.2, 0.25) is 0 Å². The van der Waals surface area contributed by atoms with Gasteiger partial charge in [0.15, 0.2) is 17.3 Å². The van der Waals surface area contributed by atoms with E-state index >= 15 is 0 Å². The number of aromatic amines is 1. The van der Waals surface area contributed by atoms with Gasteiger partial charge < -0.3 is 24.3 Å². The predicted molar refractivity (Wildman–Crippen MR) is 133 cm³/mol. The molecule has 0 spiro atoms. The summed E-state index contributed by atoms with van der Waals surface area (Å²) in [5.41, 5.74) is 2.48. The molecule has 178 valence electrons. The lowest BCUT2D eigenvalue weighted by molar-refractivity contribution is 0.104. The van der Waals surface area contributed by atoms with Crippen molar-refractivity contribution >= 4 is 11.9 Å². The maximum absolute atomic E-state index is 12.8. The fraction of sp³-hybridized carbons (Fsp3) is 0.111. The molecule has 1 aromatic heterocycles. The second-order valence-corrected chi connectivity index (χ2v) is 7.60. The van der Waals surface area contributed by atoms with Gasteiger partial charge in [-0.15, -0.1) is 0 Å². The van der Waals surface area contributed by atoms with E-state index in [-0.39, 0.29) is 17.2 Å². The van der Waals surface area contributed by atoms with E-state index in [4.69, 9.17) is 14.2 Å². The van der Waals surface area contributed by atoms with Gasteiger partial charge >= 0.3 is 5.69 Å². The van der Waals surface area contributed by atoms with Gasteiger partial charge in [0.2, 0.25) is 5.75 Å². The lowest BCUT2D eigenvalue weighted by Gasteiger charge is -2.13. The first-order valence-corrected chi connectivity index (χ1v) is 10.7. The molecule has 8 heteroatoms. The van der Waals surface area contributed by atoms with E-state index in [0.717, 1.165) is 0 Å². The maximum Gasteiger partial charge on any atom is 0.330 e. The summed E-state index contributed by atoms with van der Waals surface area (Å²) in [6, 6.07) is 16.8. The molecule has 0 amide bonds. The van der Waals surface area contributed by atoms with Crippen molar-refractivity contribution in [3.05, 3.63) is 94.5 Å². The van der Waals surface area contributed by atoms with Crippen LogP contribution >= 0.6 is 0 Å². The molecule has 0 radical (unpaired) electrons. The lowest BCUT2D eigenvalue weighted by Crippen LogP contribution is -2.14. The Morgan fingerprint density at radius 3 is 2.31 bits per heavy atom. The molecular weight excluding hydrogens is 448 g/mol. The number of nitrogens with zero attached hydrogens (tertiary/aromatic N) is 1. The number of nitrogens with one attached hydrogen (secondary N) is 1. The molecule has 0 aliphatic rings. The first-order chi connectivity index (χ1) is 16.9. The summed E-state index contributed by atoms with van der Waals surface area (Å²) in [6.45, 7) is 0. The van der Waals surface area contributed by atoms with Gasteiger partial charge in [-0.25, -0.2) is 4.79 Å². The third-order valence-electron chi connectivity index (χ3n) is 5.40. The average Bonchev–Trinajstić information content (AvgIpc) is 3.28. The molecule has 0 unspecified atom stereocenters. The van der Waals surface area contributed by atoms with Gasteiger partial charge in [0.05, 0.1) is 32.7 Å². The molecule has 0 saturated heterocycles. The zero-order chi connectivity index (χ0) is 24.9. The van der Waals surface area contributed by atoms with E-state index in [1.165, 1.54) is 32.0 Å². The minimum Gasteiger partial charge on any atom is -0.508 e.